The number of nitrogens with one attached hydrogen (secondary N) is 1. The number of ether oxygens (including phenoxy) is 1. The van der Waals surface area contributed by atoms with Crippen molar-refractivity contribution < 1.29 is 14.6 Å². The first-order chi connectivity index (χ1) is 13.3. The maximum Gasteiger partial charge on any atom is 0.219 e. The lowest BCUT2D eigenvalue weighted by Gasteiger charge is -2.03. The zero-order valence-corrected chi connectivity index (χ0v) is 17.9. The predicted octanol–water partition coefficient (Wildman–Crippen LogP) is 5.54. The highest BCUT2D eigenvalue weighted by Gasteiger charge is 1.99. The molecule has 0 aromatic heterocycles. The van der Waals surface area contributed by atoms with Crippen LogP contribution in [0, 0.1) is 0 Å². The molecular weight excluding hydrogens is 338 g/mol. The molecular formula is C23H45NO3. The molecule has 0 aliphatic carbocycles. The van der Waals surface area contributed by atoms with E-state index in [2.05, 4.69) is 29.1 Å². The number of hydrogen-bond donors (Lipinski definition) is 2. The third kappa shape index (κ3) is 27.5. The highest BCUT2D eigenvalue weighted by molar-refractivity contribution is 5.75. The van der Waals surface area contributed by atoms with E-state index in [0.717, 1.165) is 26.1 Å². The van der Waals surface area contributed by atoms with Gasteiger partial charge in [-0.05, 0) is 38.5 Å². The molecule has 4 nitrogen and oxygen atoms in total. The number of carbonyl (C=O) groups is 1. The van der Waals surface area contributed by atoms with E-state index < -0.39 is 0 Å². The monoisotopic (exact) mass is 383 g/mol. The Labute approximate surface area is 168 Å². The summed E-state index contributed by atoms with van der Waals surface area (Å²) in [6.45, 7) is 5.01. The van der Waals surface area contributed by atoms with Crippen LogP contribution in [0.1, 0.15) is 103 Å². The van der Waals surface area contributed by atoms with Crippen LogP contribution in [-0.4, -0.2) is 37.4 Å². The van der Waals surface area contributed by atoms with Gasteiger partial charge < -0.3 is 15.2 Å². The number of carbonyl (C=O) groups excluding carboxylic acids is 1. The predicted molar refractivity (Wildman–Crippen MR) is 115 cm³/mol. The summed E-state index contributed by atoms with van der Waals surface area (Å²) in [6.07, 6.45) is 22.6. The van der Waals surface area contributed by atoms with Crippen molar-refractivity contribution in [1.82, 2.24) is 5.32 Å². The minimum Gasteiger partial charge on any atom is -0.396 e. The molecule has 0 aromatic carbocycles. The lowest BCUT2D eigenvalue weighted by molar-refractivity contribution is -0.121. The smallest absolute Gasteiger partial charge is 0.219 e. The first kappa shape index (κ1) is 26.1. The summed E-state index contributed by atoms with van der Waals surface area (Å²) >= 11 is 0. The van der Waals surface area contributed by atoms with Crippen LogP contribution in [-0.2, 0) is 9.53 Å². The molecule has 1 aliphatic rings. The maximum atomic E-state index is 11.4. The first-order valence-corrected chi connectivity index (χ1v) is 11.4. The van der Waals surface area contributed by atoms with E-state index in [1.54, 1.807) is 0 Å². The third-order valence-corrected chi connectivity index (χ3v) is 4.53. The molecule has 2 N–H and O–H groups in total. The molecule has 1 amide bonds. The fourth-order valence-corrected chi connectivity index (χ4v) is 2.75. The zero-order chi connectivity index (χ0) is 19.8. The van der Waals surface area contributed by atoms with Gasteiger partial charge in [0.05, 0.1) is 13.2 Å². The van der Waals surface area contributed by atoms with Crippen LogP contribution in [0.2, 0.25) is 0 Å². The second-order valence-corrected chi connectivity index (χ2v) is 7.37. The Hall–Kier alpha value is -0.870. The molecule has 0 aromatic rings. The van der Waals surface area contributed by atoms with Gasteiger partial charge in [0, 0.05) is 19.6 Å². The number of allylic oxidation sites excluding steroid dienone is 2. The number of amides is 1. The van der Waals surface area contributed by atoms with Crippen molar-refractivity contribution in [2.75, 3.05) is 26.4 Å². The van der Waals surface area contributed by atoms with Gasteiger partial charge in [0.15, 0.2) is 0 Å². The SMILES string of the molecule is C1CO1.CCCCCCCC/C=C\CCCCCCCC(=O)NCCCO. The summed E-state index contributed by atoms with van der Waals surface area (Å²) in [6, 6.07) is 0. The van der Waals surface area contributed by atoms with Gasteiger partial charge in [0.25, 0.3) is 0 Å². The van der Waals surface area contributed by atoms with Crippen LogP contribution in [0.3, 0.4) is 0 Å². The third-order valence-electron chi connectivity index (χ3n) is 4.53. The van der Waals surface area contributed by atoms with Crippen molar-refractivity contribution in [1.29, 1.82) is 0 Å². The molecule has 0 bridgehead atoms. The first-order valence-electron chi connectivity index (χ1n) is 11.4. The molecule has 0 radical (unpaired) electrons. The van der Waals surface area contributed by atoms with Gasteiger partial charge in [-0.15, -0.1) is 0 Å². The van der Waals surface area contributed by atoms with E-state index in [9.17, 15) is 4.79 Å². The Bertz CT molecular complexity index is 327. The minimum absolute atomic E-state index is 0.126. The highest BCUT2D eigenvalue weighted by atomic mass is 16.6. The molecule has 0 saturated carbocycles. The molecule has 1 fully saturated rings. The van der Waals surface area contributed by atoms with E-state index in [4.69, 9.17) is 5.11 Å². The van der Waals surface area contributed by atoms with E-state index in [0.29, 0.717) is 19.4 Å². The van der Waals surface area contributed by atoms with Gasteiger partial charge in [-0.2, -0.15) is 0 Å². The summed E-state index contributed by atoms with van der Waals surface area (Å²) in [5, 5.41) is 11.5. The Morgan fingerprint density at radius 3 is 1.89 bits per heavy atom. The van der Waals surface area contributed by atoms with Gasteiger partial charge >= 0.3 is 0 Å². The molecule has 0 spiro atoms. The molecule has 1 heterocycles. The van der Waals surface area contributed by atoms with E-state index in [1.807, 2.05) is 0 Å². The van der Waals surface area contributed by atoms with Crippen LogP contribution < -0.4 is 5.32 Å². The van der Waals surface area contributed by atoms with Gasteiger partial charge in [-0.1, -0.05) is 70.4 Å². The Morgan fingerprint density at radius 2 is 1.37 bits per heavy atom. The summed E-state index contributed by atoms with van der Waals surface area (Å²) in [5.41, 5.74) is 0. The van der Waals surface area contributed by atoms with Crippen LogP contribution in [0.15, 0.2) is 12.2 Å². The van der Waals surface area contributed by atoms with Crippen molar-refractivity contribution in [3.63, 3.8) is 0 Å². The average Bonchev–Trinajstić information content (AvgIpc) is 3.54. The molecule has 4 heteroatoms. The standard InChI is InChI=1S/C21H41NO2.C2H4O/c1-2-3-4-5-6-7-8-9-10-11-12-13-14-15-16-18-21(24)22-19-17-20-23;1-2-3-1/h9-10,23H,2-8,11-20H2,1H3,(H,22,24);1-2H2/b10-9-;. The van der Waals surface area contributed by atoms with Crippen LogP contribution in [0.25, 0.3) is 0 Å². The minimum atomic E-state index is 0.126. The van der Waals surface area contributed by atoms with Gasteiger partial charge in [-0.25, -0.2) is 0 Å². The molecule has 27 heavy (non-hydrogen) atoms. The number of hydrogen-bond acceptors (Lipinski definition) is 3. The van der Waals surface area contributed by atoms with Crippen molar-refractivity contribution in [2.45, 2.75) is 103 Å². The summed E-state index contributed by atoms with van der Waals surface area (Å²) in [5.74, 6) is 0.126. The molecule has 1 saturated heterocycles. The zero-order valence-electron chi connectivity index (χ0n) is 17.9. The Balaban J connectivity index is 0.00000203. The van der Waals surface area contributed by atoms with Crippen LogP contribution >= 0.6 is 0 Å². The van der Waals surface area contributed by atoms with Crippen molar-refractivity contribution >= 4 is 5.91 Å². The second kappa shape index (κ2) is 23.2. The highest BCUT2D eigenvalue weighted by Crippen LogP contribution is 2.09. The summed E-state index contributed by atoms with van der Waals surface area (Å²) in [7, 11) is 0. The topological polar surface area (TPSA) is 61.9 Å². The number of aliphatic hydroxyl groups is 1. The molecule has 1 aliphatic heterocycles. The second-order valence-electron chi connectivity index (χ2n) is 7.37. The van der Waals surface area contributed by atoms with Crippen molar-refractivity contribution in [2.24, 2.45) is 0 Å². The Kier molecular flexibility index (Phi) is 22.4. The molecule has 0 atom stereocenters. The Morgan fingerprint density at radius 1 is 0.852 bits per heavy atom. The normalized spacial score (nSPS) is 12.7. The average molecular weight is 384 g/mol. The largest absolute Gasteiger partial charge is 0.396 e. The summed E-state index contributed by atoms with van der Waals surface area (Å²) in [4.78, 5) is 11.4. The van der Waals surface area contributed by atoms with Crippen molar-refractivity contribution in [3.8, 4) is 0 Å². The number of unbranched alkanes of at least 4 members (excludes halogenated alkanes) is 11. The maximum absolute atomic E-state index is 11.4. The quantitative estimate of drug-likeness (QED) is 0.186. The van der Waals surface area contributed by atoms with E-state index in [1.165, 1.54) is 70.6 Å². The lowest BCUT2D eigenvalue weighted by atomic mass is 10.1. The molecule has 1 rings (SSSR count). The fourth-order valence-electron chi connectivity index (χ4n) is 2.75. The molecule has 160 valence electrons. The fraction of sp³-hybridized carbons (Fsp3) is 0.870. The number of epoxide rings is 1. The summed E-state index contributed by atoms with van der Waals surface area (Å²) < 4.78 is 4.50. The van der Waals surface area contributed by atoms with Gasteiger partial charge in [0.1, 0.15) is 0 Å². The molecule has 0 unspecified atom stereocenters. The van der Waals surface area contributed by atoms with E-state index >= 15 is 0 Å². The van der Waals surface area contributed by atoms with Crippen LogP contribution in [0.4, 0.5) is 0 Å². The van der Waals surface area contributed by atoms with Gasteiger partial charge in [-0.3, -0.25) is 4.79 Å². The van der Waals surface area contributed by atoms with Crippen molar-refractivity contribution in [3.05, 3.63) is 12.2 Å². The van der Waals surface area contributed by atoms with Gasteiger partial charge in [0.2, 0.25) is 5.91 Å². The van der Waals surface area contributed by atoms with Crippen LogP contribution in [0.5, 0.6) is 0 Å². The van der Waals surface area contributed by atoms with E-state index in [-0.39, 0.29) is 12.5 Å². The lowest BCUT2D eigenvalue weighted by Crippen LogP contribution is -2.24. The number of aliphatic hydroxyl groups excluding tert-OH is 1. The number of rotatable bonds is 18.